The monoisotopic (exact) mass is 299 g/mol. The SMILES string of the molecule is COc1cc(N=C(NC#N)SC)c(Cl)cc1C(=O)O. The Kier molecular flexibility index (Phi) is 5.48. The van der Waals surface area contributed by atoms with E-state index in [0.717, 1.165) is 0 Å². The average Bonchev–Trinajstić information content (AvgIpc) is 2.39. The molecule has 0 unspecified atom stereocenters. The Morgan fingerprint density at radius 3 is 2.79 bits per heavy atom. The number of nitrogens with one attached hydrogen (secondary N) is 1. The van der Waals surface area contributed by atoms with E-state index < -0.39 is 5.97 Å². The van der Waals surface area contributed by atoms with Gasteiger partial charge in [0.25, 0.3) is 0 Å². The highest BCUT2D eigenvalue weighted by Crippen LogP contribution is 2.33. The Hall–Kier alpha value is -1.91. The van der Waals surface area contributed by atoms with E-state index in [4.69, 9.17) is 26.7 Å². The second-order valence-electron chi connectivity index (χ2n) is 3.17. The van der Waals surface area contributed by atoms with E-state index >= 15 is 0 Å². The Balaban J connectivity index is 3.31. The number of halogens is 1. The molecule has 6 nitrogen and oxygen atoms in total. The zero-order valence-electron chi connectivity index (χ0n) is 10.1. The molecule has 1 rings (SSSR count). The van der Waals surface area contributed by atoms with Gasteiger partial charge in [-0.3, -0.25) is 5.32 Å². The van der Waals surface area contributed by atoms with Crippen molar-refractivity contribution in [1.82, 2.24) is 5.32 Å². The fourth-order valence-corrected chi connectivity index (χ4v) is 1.79. The summed E-state index contributed by atoms with van der Waals surface area (Å²) in [4.78, 5) is 15.1. The molecule has 0 fully saturated rings. The number of benzene rings is 1. The minimum absolute atomic E-state index is 0.0506. The lowest BCUT2D eigenvalue weighted by atomic mass is 10.2. The summed E-state index contributed by atoms with van der Waals surface area (Å²) in [5.41, 5.74) is 0.265. The molecule has 1 aromatic carbocycles. The molecule has 0 atom stereocenters. The molecule has 0 saturated heterocycles. The van der Waals surface area contributed by atoms with E-state index in [-0.39, 0.29) is 16.3 Å². The Bertz CT molecular complexity index is 569. The van der Waals surface area contributed by atoms with Crippen molar-refractivity contribution in [3.63, 3.8) is 0 Å². The molecule has 0 aliphatic rings. The van der Waals surface area contributed by atoms with Gasteiger partial charge in [0.15, 0.2) is 11.4 Å². The molecule has 0 saturated carbocycles. The summed E-state index contributed by atoms with van der Waals surface area (Å²) in [5.74, 6) is -0.998. The third-order valence-electron chi connectivity index (χ3n) is 2.08. The number of aromatic carboxylic acids is 1. The van der Waals surface area contributed by atoms with Gasteiger partial charge in [-0.1, -0.05) is 23.4 Å². The van der Waals surface area contributed by atoms with Gasteiger partial charge in [0, 0.05) is 6.07 Å². The molecule has 0 spiro atoms. The topological polar surface area (TPSA) is 94.7 Å². The van der Waals surface area contributed by atoms with Gasteiger partial charge < -0.3 is 9.84 Å². The van der Waals surface area contributed by atoms with Crippen LogP contribution in [0.5, 0.6) is 5.75 Å². The quantitative estimate of drug-likeness (QED) is 0.385. The van der Waals surface area contributed by atoms with Crippen molar-refractivity contribution in [1.29, 1.82) is 5.26 Å². The van der Waals surface area contributed by atoms with Crippen LogP contribution in [0, 0.1) is 11.5 Å². The molecule has 0 aromatic heterocycles. The van der Waals surface area contributed by atoms with Crippen LogP contribution in [0.25, 0.3) is 0 Å². The fraction of sp³-hybridized carbons (Fsp3) is 0.182. The zero-order chi connectivity index (χ0) is 14.4. The van der Waals surface area contributed by atoms with Crippen molar-refractivity contribution in [3.8, 4) is 11.9 Å². The number of thioether (sulfide) groups is 1. The number of amidine groups is 1. The van der Waals surface area contributed by atoms with E-state index in [1.54, 1.807) is 12.4 Å². The van der Waals surface area contributed by atoms with E-state index in [9.17, 15) is 4.79 Å². The number of carboxylic acids is 1. The Morgan fingerprint density at radius 2 is 2.32 bits per heavy atom. The van der Waals surface area contributed by atoms with E-state index in [0.29, 0.717) is 10.9 Å². The molecule has 0 heterocycles. The first-order valence-corrected chi connectivity index (χ1v) is 6.52. The highest BCUT2D eigenvalue weighted by molar-refractivity contribution is 8.13. The molecule has 0 bridgehead atoms. The molecule has 0 aliphatic carbocycles. The molecular weight excluding hydrogens is 290 g/mol. The first-order chi connectivity index (χ1) is 9.03. The van der Waals surface area contributed by atoms with E-state index in [1.807, 2.05) is 0 Å². The summed E-state index contributed by atoms with van der Waals surface area (Å²) in [5, 5.41) is 20.4. The lowest BCUT2D eigenvalue weighted by Crippen LogP contribution is -2.12. The first-order valence-electron chi connectivity index (χ1n) is 4.92. The van der Waals surface area contributed by atoms with Crippen molar-refractivity contribution in [3.05, 3.63) is 22.7 Å². The summed E-state index contributed by atoms with van der Waals surface area (Å²) in [6, 6.07) is 2.66. The molecule has 8 heteroatoms. The number of aliphatic imine (C=N–C) groups is 1. The number of rotatable bonds is 3. The second-order valence-corrected chi connectivity index (χ2v) is 4.37. The summed E-state index contributed by atoms with van der Waals surface area (Å²) in [6.07, 6.45) is 3.48. The molecule has 0 radical (unpaired) electrons. The summed E-state index contributed by atoms with van der Waals surface area (Å²) >= 11 is 7.18. The summed E-state index contributed by atoms with van der Waals surface area (Å²) < 4.78 is 4.98. The maximum absolute atomic E-state index is 11.0. The van der Waals surface area contributed by atoms with Crippen LogP contribution in [0.3, 0.4) is 0 Å². The normalized spacial score (nSPS) is 10.7. The van der Waals surface area contributed by atoms with Gasteiger partial charge in [-0.2, -0.15) is 5.26 Å². The van der Waals surface area contributed by atoms with Crippen LogP contribution >= 0.6 is 23.4 Å². The van der Waals surface area contributed by atoms with Crippen molar-refractivity contribution in [2.75, 3.05) is 13.4 Å². The van der Waals surface area contributed by atoms with Crippen LogP contribution < -0.4 is 10.1 Å². The van der Waals surface area contributed by atoms with Crippen molar-refractivity contribution >= 4 is 40.2 Å². The maximum atomic E-state index is 11.0. The number of nitriles is 1. The van der Waals surface area contributed by atoms with Crippen LogP contribution in [0.2, 0.25) is 5.02 Å². The summed E-state index contributed by atoms with van der Waals surface area (Å²) in [7, 11) is 1.35. The van der Waals surface area contributed by atoms with Gasteiger partial charge in [0.05, 0.1) is 17.8 Å². The number of ether oxygens (including phenoxy) is 1. The predicted molar refractivity (Wildman–Crippen MR) is 74.3 cm³/mol. The van der Waals surface area contributed by atoms with Crippen molar-refractivity contribution in [2.24, 2.45) is 4.99 Å². The van der Waals surface area contributed by atoms with Gasteiger partial charge in [0.2, 0.25) is 0 Å². The third-order valence-corrected chi connectivity index (χ3v) is 2.96. The average molecular weight is 300 g/mol. The van der Waals surface area contributed by atoms with Crippen LogP contribution in [0.15, 0.2) is 17.1 Å². The molecule has 0 amide bonds. The lowest BCUT2D eigenvalue weighted by Gasteiger charge is -2.08. The van der Waals surface area contributed by atoms with E-state index in [2.05, 4.69) is 10.3 Å². The van der Waals surface area contributed by atoms with Crippen LogP contribution in [-0.4, -0.2) is 29.6 Å². The molecule has 2 N–H and O–H groups in total. The number of methoxy groups -OCH3 is 1. The number of carbonyl (C=O) groups is 1. The van der Waals surface area contributed by atoms with Crippen LogP contribution in [0.1, 0.15) is 10.4 Å². The zero-order valence-corrected chi connectivity index (χ0v) is 11.7. The minimum Gasteiger partial charge on any atom is -0.496 e. The highest BCUT2D eigenvalue weighted by atomic mass is 35.5. The minimum atomic E-state index is -1.14. The van der Waals surface area contributed by atoms with Crippen molar-refractivity contribution < 1.29 is 14.6 Å². The third kappa shape index (κ3) is 3.77. The molecular formula is C11H10ClN3O3S. The van der Waals surface area contributed by atoms with Gasteiger partial charge in [-0.25, -0.2) is 9.79 Å². The van der Waals surface area contributed by atoms with Gasteiger partial charge in [-0.05, 0) is 12.3 Å². The van der Waals surface area contributed by atoms with Gasteiger partial charge in [-0.15, -0.1) is 0 Å². The molecule has 0 aliphatic heterocycles. The first kappa shape index (κ1) is 15.1. The van der Waals surface area contributed by atoms with Crippen LogP contribution in [-0.2, 0) is 0 Å². The van der Waals surface area contributed by atoms with E-state index in [1.165, 1.54) is 31.0 Å². The standard InChI is InChI=1S/C11H10ClN3O3S/c1-18-9-4-8(15-11(19-2)14-5-13)7(12)3-6(9)10(16)17/h3-4H,1-2H3,(H,14,15)(H,16,17). The molecule has 100 valence electrons. The highest BCUT2D eigenvalue weighted by Gasteiger charge is 2.15. The second kappa shape index (κ2) is 6.87. The maximum Gasteiger partial charge on any atom is 0.339 e. The summed E-state index contributed by atoms with van der Waals surface area (Å²) in [6.45, 7) is 0. The largest absolute Gasteiger partial charge is 0.496 e. The van der Waals surface area contributed by atoms with Crippen molar-refractivity contribution in [2.45, 2.75) is 0 Å². The Morgan fingerprint density at radius 1 is 1.63 bits per heavy atom. The van der Waals surface area contributed by atoms with Crippen LogP contribution in [0.4, 0.5) is 5.69 Å². The Labute approximate surface area is 119 Å². The van der Waals surface area contributed by atoms with Gasteiger partial charge in [0.1, 0.15) is 11.3 Å². The number of nitrogens with zero attached hydrogens (tertiary/aromatic N) is 2. The lowest BCUT2D eigenvalue weighted by molar-refractivity contribution is 0.0693. The van der Waals surface area contributed by atoms with Gasteiger partial charge >= 0.3 is 5.97 Å². The fourth-order valence-electron chi connectivity index (χ4n) is 1.25. The number of hydrogen-bond donors (Lipinski definition) is 2. The molecule has 19 heavy (non-hydrogen) atoms. The number of hydrogen-bond acceptors (Lipinski definition) is 5. The number of carboxylic acid groups (broad SMARTS) is 1. The predicted octanol–water partition coefficient (Wildman–Crippen LogP) is 2.47. The smallest absolute Gasteiger partial charge is 0.339 e. The molecule has 1 aromatic rings.